The molecule has 1 rings (SSSR count). The summed E-state index contributed by atoms with van der Waals surface area (Å²) in [6.45, 7) is 8.94. The van der Waals surface area contributed by atoms with Crippen molar-refractivity contribution in [1.29, 1.82) is 0 Å². The number of hydrogen-bond acceptors (Lipinski definition) is 3. The van der Waals surface area contributed by atoms with Gasteiger partial charge in [-0.2, -0.15) is 0 Å². The van der Waals surface area contributed by atoms with Gasteiger partial charge in [0.2, 0.25) is 0 Å². The maximum Gasteiger partial charge on any atom is 0.261 e. The van der Waals surface area contributed by atoms with Crippen LogP contribution in [0.4, 0.5) is 0 Å². The molecule has 128 valence electrons. The SMILES string of the molecule is C=CCCCN(C)C(=NCCCNC(=O)c1cccs1)NCC. The third kappa shape index (κ3) is 7.83. The van der Waals surface area contributed by atoms with Gasteiger partial charge in [-0.3, -0.25) is 9.79 Å². The van der Waals surface area contributed by atoms with Gasteiger partial charge in [-0.25, -0.2) is 0 Å². The molecule has 23 heavy (non-hydrogen) atoms. The van der Waals surface area contributed by atoms with E-state index in [0.29, 0.717) is 13.1 Å². The highest BCUT2D eigenvalue weighted by Gasteiger charge is 2.06. The molecule has 0 aromatic carbocycles. The number of rotatable bonds is 10. The van der Waals surface area contributed by atoms with Crippen molar-refractivity contribution >= 4 is 23.2 Å². The first-order valence-corrected chi connectivity index (χ1v) is 8.99. The number of carbonyl (C=O) groups excluding carboxylic acids is 1. The Morgan fingerprint density at radius 3 is 2.91 bits per heavy atom. The van der Waals surface area contributed by atoms with E-state index in [1.54, 1.807) is 0 Å². The van der Waals surface area contributed by atoms with Gasteiger partial charge in [-0.15, -0.1) is 17.9 Å². The van der Waals surface area contributed by atoms with Crippen molar-refractivity contribution in [3.8, 4) is 0 Å². The van der Waals surface area contributed by atoms with Gasteiger partial charge in [0.1, 0.15) is 0 Å². The van der Waals surface area contributed by atoms with Crippen LogP contribution in [0.3, 0.4) is 0 Å². The summed E-state index contributed by atoms with van der Waals surface area (Å²) >= 11 is 1.46. The molecule has 0 bridgehead atoms. The lowest BCUT2D eigenvalue weighted by Crippen LogP contribution is -2.39. The zero-order valence-corrected chi connectivity index (χ0v) is 15.0. The second-order valence-corrected chi connectivity index (χ2v) is 6.12. The molecule has 0 aliphatic carbocycles. The Morgan fingerprint density at radius 1 is 1.43 bits per heavy atom. The third-order valence-electron chi connectivity index (χ3n) is 3.23. The van der Waals surface area contributed by atoms with E-state index in [1.165, 1.54) is 11.3 Å². The van der Waals surface area contributed by atoms with E-state index in [1.807, 2.05) is 30.6 Å². The number of nitrogens with zero attached hydrogens (tertiary/aromatic N) is 2. The molecule has 6 heteroatoms. The average Bonchev–Trinajstić information content (AvgIpc) is 3.08. The van der Waals surface area contributed by atoms with Gasteiger partial charge in [0.25, 0.3) is 5.91 Å². The molecule has 0 unspecified atom stereocenters. The van der Waals surface area contributed by atoms with Crippen molar-refractivity contribution in [2.24, 2.45) is 4.99 Å². The largest absolute Gasteiger partial charge is 0.357 e. The van der Waals surface area contributed by atoms with Crippen LogP contribution in [0.2, 0.25) is 0 Å². The van der Waals surface area contributed by atoms with E-state index in [9.17, 15) is 4.79 Å². The first kappa shape index (κ1) is 19.2. The van der Waals surface area contributed by atoms with Crippen molar-refractivity contribution in [2.75, 3.05) is 33.2 Å². The standard InChI is InChI=1S/C17H28N4OS/c1-4-6-7-13-21(3)17(18-5-2)20-12-9-11-19-16(22)15-10-8-14-23-15/h4,8,10,14H,1,5-7,9,11-13H2,2-3H3,(H,18,20)(H,19,22). The van der Waals surface area contributed by atoms with Gasteiger partial charge in [-0.05, 0) is 37.6 Å². The first-order chi connectivity index (χ1) is 11.2. The molecule has 0 atom stereocenters. The molecule has 0 aliphatic heterocycles. The molecule has 5 nitrogen and oxygen atoms in total. The molecule has 1 aromatic rings. The van der Waals surface area contributed by atoms with Gasteiger partial charge < -0.3 is 15.5 Å². The predicted molar refractivity (Wildman–Crippen MR) is 99.3 cm³/mol. The fourth-order valence-corrected chi connectivity index (χ4v) is 2.65. The van der Waals surface area contributed by atoms with E-state index in [2.05, 4.69) is 34.0 Å². The number of guanidine groups is 1. The highest BCUT2D eigenvalue weighted by atomic mass is 32.1. The Morgan fingerprint density at radius 2 is 2.26 bits per heavy atom. The Labute approximate surface area is 143 Å². The summed E-state index contributed by atoms with van der Waals surface area (Å²) in [5, 5.41) is 8.12. The average molecular weight is 337 g/mol. The Bertz CT molecular complexity index is 485. The number of unbranched alkanes of at least 4 members (excludes halogenated alkanes) is 1. The normalized spacial score (nSPS) is 11.1. The lowest BCUT2D eigenvalue weighted by Gasteiger charge is -2.21. The van der Waals surface area contributed by atoms with Gasteiger partial charge in [0.15, 0.2) is 5.96 Å². The minimum atomic E-state index is -0.00238. The molecule has 2 N–H and O–H groups in total. The van der Waals surface area contributed by atoms with E-state index in [0.717, 1.165) is 43.2 Å². The van der Waals surface area contributed by atoms with Crippen LogP contribution in [0.15, 0.2) is 35.2 Å². The van der Waals surface area contributed by atoms with Crippen LogP contribution < -0.4 is 10.6 Å². The van der Waals surface area contributed by atoms with Crippen molar-refractivity contribution < 1.29 is 4.79 Å². The molecular formula is C17H28N4OS. The lowest BCUT2D eigenvalue weighted by molar-refractivity contribution is 0.0957. The van der Waals surface area contributed by atoms with E-state index < -0.39 is 0 Å². The monoisotopic (exact) mass is 336 g/mol. The molecule has 1 aromatic heterocycles. The molecule has 1 heterocycles. The van der Waals surface area contributed by atoms with Crippen molar-refractivity contribution in [3.63, 3.8) is 0 Å². The fourth-order valence-electron chi connectivity index (χ4n) is 2.01. The lowest BCUT2D eigenvalue weighted by atomic mass is 10.3. The highest BCUT2D eigenvalue weighted by Crippen LogP contribution is 2.07. The van der Waals surface area contributed by atoms with Crippen molar-refractivity contribution in [3.05, 3.63) is 35.0 Å². The number of hydrogen-bond donors (Lipinski definition) is 2. The Kier molecular flexibility index (Phi) is 9.79. The fraction of sp³-hybridized carbons (Fsp3) is 0.529. The zero-order valence-electron chi connectivity index (χ0n) is 14.2. The minimum absolute atomic E-state index is 0.00238. The topological polar surface area (TPSA) is 56.7 Å². The van der Waals surface area contributed by atoms with E-state index in [4.69, 9.17) is 0 Å². The highest BCUT2D eigenvalue weighted by molar-refractivity contribution is 7.12. The second kappa shape index (κ2) is 11.7. The molecular weight excluding hydrogens is 308 g/mol. The summed E-state index contributed by atoms with van der Waals surface area (Å²) in [7, 11) is 2.04. The van der Waals surface area contributed by atoms with Crippen LogP contribution in [-0.2, 0) is 0 Å². The van der Waals surface area contributed by atoms with Crippen LogP contribution in [-0.4, -0.2) is 50.0 Å². The second-order valence-electron chi connectivity index (χ2n) is 5.17. The van der Waals surface area contributed by atoms with Gasteiger partial charge >= 0.3 is 0 Å². The summed E-state index contributed by atoms with van der Waals surface area (Å²) in [6.07, 6.45) is 4.85. The predicted octanol–water partition coefficient (Wildman–Crippen LogP) is 2.73. The molecule has 0 saturated carbocycles. The first-order valence-electron chi connectivity index (χ1n) is 8.11. The summed E-state index contributed by atoms with van der Waals surface area (Å²) in [5.74, 6) is 0.915. The number of thiophene rings is 1. The van der Waals surface area contributed by atoms with Gasteiger partial charge in [-0.1, -0.05) is 12.1 Å². The zero-order chi connectivity index (χ0) is 16.9. The van der Waals surface area contributed by atoms with Crippen LogP contribution in [0.1, 0.15) is 35.9 Å². The third-order valence-corrected chi connectivity index (χ3v) is 4.09. The summed E-state index contributed by atoms with van der Waals surface area (Å²) in [4.78, 5) is 19.3. The molecule has 0 saturated heterocycles. The summed E-state index contributed by atoms with van der Waals surface area (Å²) in [6, 6.07) is 3.72. The maximum atomic E-state index is 11.8. The number of aliphatic imine (C=N–C) groups is 1. The Hall–Kier alpha value is -1.82. The smallest absolute Gasteiger partial charge is 0.261 e. The molecule has 0 spiro atoms. The molecule has 0 fully saturated rings. The van der Waals surface area contributed by atoms with Crippen molar-refractivity contribution in [1.82, 2.24) is 15.5 Å². The Balaban J connectivity index is 2.30. The minimum Gasteiger partial charge on any atom is -0.357 e. The van der Waals surface area contributed by atoms with E-state index >= 15 is 0 Å². The molecule has 0 radical (unpaired) electrons. The number of nitrogens with one attached hydrogen (secondary N) is 2. The molecule has 1 amide bonds. The number of amides is 1. The van der Waals surface area contributed by atoms with Crippen LogP contribution in [0.5, 0.6) is 0 Å². The van der Waals surface area contributed by atoms with Gasteiger partial charge in [0.05, 0.1) is 4.88 Å². The van der Waals surface area contributed by atoms with Crippen LogP contribution in [0.25, 0.3) is 0 Å². The van der Waals surface area contributed by atoms with Crippen molar-refractivity contribution in [2.45, 2.75) is 26.2 Å². The molecule has 0 aliphatic rings. The number of allylic oxidation sites excluding steroid dienone is 1. The summed E-state index contributed by atoms with van der Waals surface area (Å²) < 4.78 is 0. The quantitative estimate of drug-likeness (QED) is 0.299. The van der Waals surface area contributed by atoms with Gasteiger partial charge in [0, 0.05) is 33.2 Å². The number of carbonyl (C=O) groups is 1. The summed E-state index contributed by atoms with van der Waals surface area (Å²) in [5.41, 5.74) is 0. The maximum absolute atomic E-state index is 11.8. The van der Waals surface area contributed by atoms with Crippen LogP contribution >= 0.6 is 11.3 Å². The van der Waals surface area contributed by atoms with Crippen LogP contribution in [0, 0.1) is 0 Å². The van der Waals surface area contributed by atoms with E-state index in [-0.39, 0.29) is 5.91 Å².